The van der Waals surface area contributed by atoms with Gasteiger partial charge in [-0.05, 0) is 31.3 Å². The Morgan fingerprint density at radius 1 is 1.24 bits per heavy atom. The van der Waals surface area contributed by atoms with Crippen LogP contribution in [0.15, 0.2) is 18.2 Å². The van der Waals surface area contributed by atoms with E-state index in [2.05, 4.69) is 25.3 Å². The molecular formula is C13H13N5O2S. The van der Waals surface area contributed by atoms with Crippen LogP contribution >= 0.6 is 12.2 Å². The number of phenols is 2. The number of hydrogen-bond acceptors (Lipinski definition) is 6. The molecule has 0 radical (unpaired) electrons. The first-order valence-electron chi connectivity index (χ1n) is 6.24. The quantitative estimate of drug-likeness (QED) is 0.475. The van der Waals surface area contributed by atoms with Gasteiger partial charge < -0.3 is 25.5 Å². The van der Waals surface area contributed by atoms with Gasteiger partial charge in [-0.2, -0.15) is 0 Å². The van der Waals surface area contributed by atoms with Crippen LogP contribution in [-0.4, -0.2) is 30.1 Å². The van der Waals surface area contributed by atoms with E-state index in [1.807, 2.05) is 0 Å². The van der Waals surface area contributed by atoms with Crippen molar-refractivity contribution in [1.29, 1.82) is 0 Å². The number of imidazole rings is 1. The summed E-state index contributed by atoms with van der Waals surface area (Å²) in [6.45, 7) is 2.13. The van der Waals surface area contributed by atoms with E-state index in [0.29, 0.717) is 39.7 Å². The molecule has 5 N–H and O–H groups in total. The van der Waals surface area contributed by atoms with Crippen LogP contribution in [0.1, 0.15) is 11.4 Å². The van der Waals surface area contributed by atoms with Gasteiger partial charge in [-0.15, -0.1) is 0 Å². The molecule has 0 atom stereocenters. The van der Waals surface area contributed by atoms with Crippen LogP contribution in [0.25, 0.3) is 11.2 Å². The number of nitrogens with one attached hydrogen (secondary N) is 3. The van der Waals surface area contributed by atoms with Crippen LogP contribution in [0.5, 0.6) is 11.5 Å². The summed E-state index contributed by atoms with van der Waals surface area (Å²) in [6.07, 6.45) is 0. The summed E-state index contributed by atoms with van der Waals surface area (Å²) in [5, 5.41) is 22.2. The molecule has 0 aliphatic heterocycles. The van der Waals surface area contributed by atoms with E-state index in [9.17, 15) is 10.2 Å². The summed E-state index contributed by atoms with van der Waals surface area (Å²) >= 11 is 5.05. The molecule has 1 aromatic carbocycles. The Balaban J connectivity index is 1.93. The molecule has 0 fully saturated rings. The molecule has 8 heteroatoms. The molecule has 0 saturated heterocycles. The van der Waals surface area contributed by atoms with Crippen molar-refractivity contribution in [1.82, 2.24) is 19.9 Å². The van der Waals surface area contributed by atoms with Crippen molar-refractivity contribution in [2.45, 2.75) is 13.5 Å². The van der Waals surface area contributed by atoms with Gasteiger partial charge in [-0.1, -0.05) is 0 Å². The molecular weight excluding hydrogens is 290 g/mol. The highest BCUT2D eigenvalue weighted by molar-refractivity contribution is 7.71. The maximum absolute atomic E-state index is 9.78. The molecule has 0 unspecified atom stereocenters. The fraction of sp³-hybridized carbons (Fsp3) is 0.154. The Kier molecular flexibility index (Phi) is 3.22. The Morgan fingerprint density at radius 2 is 2.05 bits per heavy atom. The molecule has 0 amide bonds. The fourth-order valence-electron chi connectivity index (χ4n) is 2.04. The summed E-state index contributed by atoms with van der Waals surface area (Å²) in [4.78, 5) is 14.5. The third kappa shape index (κ3) is 2.65. The van der Waals surface area contributed by atoms with Crippen LogP contribution in [0, 0.1) is 11.7 Å². The van der Waals surface area contributed by atoms with Gasteiger partial charge >= 0.3 is 0 Å². The van der Waals surface area contributed by atoms with Crippen molar-refractivity contribution >= 4 is 29.2 Å². The predicted molar refractivity (Wildman–Crippen MR) is 80.9 cm³/mol. The lowest BCUT2D eigenvalue weighted by molar-refractivity contribution is 0.446. The number of hydrogen-bond donors (Lipinski definition) is 5. The van der Waals surface area contributed by atoms with E-state index in [4.69, 9.17) is 12.2 Å². The molecule has 2 heterocycles. The molecule has 0 spiro atoms. The normalized spacial score (nSPS) is 10.9. The van der Waals surface area contributed by atoms with Crippen molar-refractivity contribution in [3.63, 3.8) is 0 Å². The lowest BCUT2D eigenvalue weighted by Gasteiger charge is -2.09. The van der Waals surface area contributed by atoms with Crippen LogP contribution < -0.4 is 5.32 Å². The number of anilines is 1. The zero-order chi connectivity index (χ0) is 15.0. The van der Waals surface area contributed by atoms with E-state index in [-0.39, 0.29) is 11.5 Å². The highest BCUT2D eigenvalue weighted by atomic mass is 32.1. The fourth-order valence-corrected chi connectivity index (χ4v) is 2.24. The largest absolute Gasteiger partial charge is 0.508 e. The van der Waals surface area contributed by atoms with Gasteiger partial charge in [-0.25, -0.2) is 9.97 Å². The number of nitrogens with zero attached hydrogens (tertiary/aromatic N) is 2. The number of rotatable bonds is 3. The van der Waals surface area contributed by atoms with E-state index < -0.39 is 0 Å². The van der Waals surface area contributed by atoms with Gasteiger partial charge in [0.05, 0.1) is 0 Å². The summed E-state index contributed by atoms with van der Waals surface area (Å²) in [7, 11) is 0. The lowest BCUT2D eigenvalue weighted by atomic mass is 10.2. The highest BCUT2D eigenvalue weighted by Crippen LogP contribution is 2.24. The van der Waals surface area contributed by atoms with Crippen LogP contribution in [0.4, 0.5) is 5.82 Å². The Hall–Kier alpha value is -2.61. The standard InChI is InChI=1S/C13H13N5O2S/c1-6-15-11(10-12(16-6)18-13(21)17-10)14-5-7-2-3-8(19)4-9(7)20/h2-4,19-20H,5H2,1H3,(H3,14,15,16,17,18,21). The van der Waals surface area contributed by atoms with Crippen molar-refractivity contribution in [3.05, 3.63) is 34.4 Å². The third-order valence-corrected chi connectivity index (χ3v) is 3.21. The second-order valence-corrected chi connectivity index (χ2v) is 5.00. The SMILES string of the molecule is Cc1nc(NCc2ccc(O)cc2O)c2[nH]c(=S)[nH]c2n1. The average Bonchev–Trinajstić information content (AvgIpc) is 2.77. The first-order valence-corrected chi connectivity index (χ1v) is 6.65. The Morgan fingerprint density at radius 3 is 2.81 bits per heavy atom. The molecule has 0 aliphatic carbocycles. The van der Waals surface area contributed by atoms with Gasteiger partial charge in [-0.3, -0.25) is 0 Å². The Labute approximate surface area is 124 Å². The Bertz CT molecular complexity index is 871. The number of H-pyrrole nitrogens is 2. The molecule has 0 aliphatic rings. The molecule has 7 nitrogen and oxygen atoms in total. The minimum Gasteiger partial charge on any atom is -0.508 e. The van der Waals surface area contributed by atoms with Crippen molar-refractivity contribution < 1.29 is 10.2 Å². The predicted octanol–water partition coefficient (Wildman–Crippen LogP) is 2.35. The van der Waals surface area contributed by atoms with Crippen LogP contribution in [0.2, 0.25) is 0 Å². The number of aromatic nitrogens is 4. The number of benzene rings is 1. The van der Waals surface area contributed by atoms with Gasteiger partial charge in [0, 0.05) is 18.2 Å². The lowest BCUT2D eigenvalue weighted by Crippen LogP contribution is -2.04. The van der Waals surface area contributed by atoms with Crippen molar-refractivity contribution in [2.24, 2.45) is 0 Å². The summed E-state index contributed by atoms with van der Waals surface area (Å²) in [5.74, 6) is 1.24. The maximum atomic E-state index is 9.78. The van der Waals surface area contributed by atoms with Gasteiger partial charge in [0.2, 0.25) is 0 Å². The van der Waals surface area contributed by atoms with Crippen LogP contribution in [0.3, 0.4) is 0 Å². The molecule has 108 valence electrons. The van der Waals surface area contributed by atoms with E-state index in [0.717, 1.165) is 0 Å². The second-order valence-electron chi connectivity index (χ2n) is 4.59. The monoisotopic (exact) mass is 303 g/mol. The van der Waals surface area contributed by atoms with Crippen molar-refractivity contribution in [3.8, 4) is 11.5 Å². The summed E-state index contributed by atoms with van der Waals surface area (Å²) < 4.78 is 0.473. The van der Waals surface area contributed by atoms with Crippen molar-refractivity contribution in [2.75, 3.05) is 5.32 Å². The van der Waals surface area contributed by atoms with Crippen LogP contribution in [-0.2, 0) is 6.54 Å². The number of phenolic OH excluding ortho intramolecular Hbond substituents is 2. The number of aryl methyl sites for hydroxylation is 1. The highest BCUT2D eigenvalue weighted by Gasteiger charge is 2.09. The van der Waals surface area contributed by atoms with E-state index in [1.54, 1.807) is 13.0 Å². The van der Waals surface area contributed by atoms with Gasteiger partial charge in [0.25, 0.3) is 0 Å². The number of fused-ring (bicyclic) bond motifs is 1. The topological polar surface area (TPSA) is 110 Å². The van der Waals surface area contributed by atoms with E-state index >= 15 is 0 Å². The smallest absolute Gasteiger partial charge is 0.176 e. The number of aromatic amines is 2. The third-order valence-electron chi connectivity index (χ3n) is 3.01. The molecule has 0 saturated carbocycles. The molecule has 2 aromatic heterocycles. The second kappa shape index (κ2) is 5.06. The zero-order valence-electron chi connectivity index (χ0n) is 11.1. The van der Waals surface area contributed by atoms with E-state index in [1.165, 1.54) is 12.1 Å². The first kappa shape index (κ1) is 13.4. The summed E-state index contributed by atoms with van der Waals surface area (Å²) in [5.41, 5.74) is 1.96. The van der Waals surface area contributed by atoms with Gasteiger partial charge in [0.15, 0.2) is 16.2 Å². The van der Waals surface area contributed by atoms with Gasteiger partial charge in [0.1, 0.15) is 22.8 Å². The molecule has 3 rings (SSSR count). The average molecular weight is 303 g/mol. The zero-order valence-corrected chi connectivity index (χ0v) is 12.0. The molecule has 3 aromatic rings. The molecule has 0 bridgehead atoms. The number of aromatic hydroxyl groups is 2. The first-order chi connectivity index (χ1) is 10.0. The minimum absolute atomic E-state index is 0.0197. The maximum Gasteiger partial charge on any atom is 0.176 e. The molecule has 21 heavy (non-hydrogen) atoms. The minimum atomic E-state index is 0.0197. The summed E-state index contributed by atoms with van der Waals surface area (Å²) in [6, 6.07) is 4.45.